The van der Waals surface area contributed by atoms with Crippen molar-refractivity contribution in [2.75, 3.05) is 13.1 Å². The Bertz CT molecular complexity index is 437. The zero-order valence-electron chi connectivity index (χ0n) is 9.60. The molecule has 1 aliphatic rings. The molecule has 0 amide bonds. The molecule has 2 rings (SSSR count). The summed E-state index contributed by atoms with van der Waals surface area (Å²) in [5, 5.41) is 8.88. The first-order valence-electron chi connectivity index (χ1n) is 5.67. The van der Waals surface area contributed by atoms with Gasteiger partial charge < -0.3 is 5.11 Å². The zero-order valence-corrected chi connectivity index (χ0v) is 9.60. The van der Waals surface area contributed by atoms with E-state index in [0.29, 0.717) is 6.54 Å². The van der Waals surface area contributed by atoms with Crippen molar-refractivity contribution in [2.45, 2.75) is 18.9 Å². The summed E-state index contributed by atoms with van der Waals surface area (Å²) in [4.78, 5) is 12.7. The number of carbonyl (C=O) groups is 1. The van der Waals surface area contributed by atoms with Crippen LogP contribution in [0.15, 0.2) is 24.3 Å². The first-order valence-corrected chi connectivity index (χ1v) is 5.67. The fraction of sp³-hybridized carbons (Fsp3) is 0.357. The summed E-state index contributed by atoms with van der Waals surface area (Å²) in [5.74, 6) is 1.72. The minimum Gasteiger partial charge on any atom is -0.480 e. The summed E-state index contributed by atoms with van der Waals surface area (Å²) >= 11 is 0. The number of hydrogen-bond donors (Lipinski definition) is 1. The van der Waals surface area contributed by atoms with E-state index in [0.717, 1.165) is 12.8 Å². The quantitative estimate of drug-likeness (QED) is 0.788. The second-order valence-electron chi connectivity index (χ2n) is 4.33. The van der Waals surface area contributed by atoms with E-state index >= 15 is 0 Å². The van der Waals surface area contributed by atoms with Crippen LogP contribution in [0.1, 0.15) is 11.1 Å². The van der Waals surface area contributed by atoms with Gasteiger partial charge in [-0.1, -0.05) is 30.2 Å². The molecule has 0 fully saturated rings. The van der Waals surface area contributed by atoms with Gasteiger partial charge in [-0.05, 0) is 24.0 Å². The van der Waals surface area contributed by atoms with Gasteiger partial charge in [-0.2, -0.15) is 0 Å². The van der Waals surface area contributed by atoms with Crippen molar-refractivity contribution in [2.24, 2.45) is 0 Å². The second-order valence-corrected chi connectivity index (χ2v) is 4.33. The first-order chi connectivity index (χ1) is 8.20. The van der Waals surface area contributed by atoms with Crippen LogP contribution in [0, 0.1) is 12.3 Å². The Labute approximate surface area is 101 Å². The average molecular weight is 229 g/mol. The topological polar surface area (TPSA) is 40.5 Å². The van der Waals surface area contributed by atoms with Crippen LogP contribution >= 0.6 is 0 Å². The molecule has 0 unspecified atom stereocenters. The van der Waals surface area contributed by atoms with Crippen molar-refractivity contribution >= 4 is 5.97 Å². The lowest BCUT2D eigenvalue weighted by Crippen LogP contribution is -2.39. The highest BCUT2D eigenvalue weighted by Gasteiger charge is 2.27. The number of carboxylic acid groups (broad SMARTS) is 1. The molecule has 0 atom stereocenters. The van der Waals surface area contributed by atoms with Crippen molar-refractivity contribution in [1.82, 2.24) is 4.90 Å². The van der Waals surface area contributed by atoms with Gasteiger partial charge in [-0.3, -0.25) is 9.69 Å². The van der Waals surface area contributed by atoms with Gasteiger partial charge in [0.25, 0.3) is 0 Å². The van der Waals surface area contributed by atoms with E-state index in [4.69, 9.17) is 11.5 Å². The number of aliphatic carboxylic acids is 1. The van der Waals surface area contributed by atoms with Crippen LogP contribution in [0.25, 0.3) is 0 Å². The van der Waals surface area contributed by atoms with Crippen LogP contribution in [-0.2, 0) is 17.6 Å². The predicted octanol–water partition coefficient (Wildman–Crippen LogP) is 1.17. The molecular formula is C14H15NO2. The largest absolute Gasteiger partial charge is 0.480 e. The highest BCUT2D eigenvalue weighted by molar-refractivity contribution is 5.69. The van der Waals surface area contributed by atoms with Gasteiger partial charge in [0.1, 0.15) is 0 Å². The Morgan fingerprint density at radius 1 is 1.41 bits per heavy atom. The first kappa shape index (κ1) is 11.7. The van der Waals surface area contributed by atoms with Gasteiger partial charge >= 0.3 is 5.97 Å². The van der Waals surface area contributed by atoms with Crippen LogP contribution in [0.2, 0.25) is 0 Å². The van der Waals surface area contributed by atoms with Gasteiger partial charge in [-0.15, -0.1) is 6.42 Å². The standard InChI is InChI=1S/C14H15NO2/c1-2-7-15(10-14(16)17)13-8-11-5-3-4-6-12(11)9-13/h1,3-6,13H,7-10H2,(H,16,17). The minimum absolute atomic E-state index is 0.0167. The van der Waals surface area contributed by atoms with Crippen molar-refractivity contribution in [3.8, 4) is 12.3 Å². The average Bonchev–Trinajstić information content (AvgIpc) is 2.71. The maximum atomic E-state index is 10.8. The molecular weight excluding hydrogens is 214 g/mol. The third kappa shape index (κ3) is 2.66. The number of rotatable bonds is 4. The van der Waals surface area contributed by atoms with Crippen LogP contribution in [-0.4, -0.2) is 35.1 Å². The van der Waals surface area contributed by atoms with Crippen LogP contribution in [0.5, 0.6) is 0 Å². The van der Waals surface area contributed by atoms with E-state index in [2.05, 4.69) is 18.1 Å². The van der Waals surface area contributed by atoms with Gasteiger partial charge in [-0.25, -0.2) is 0 Å². The fourth-order valence-electron chi connectivity index (χ4n) is 2.40. The Morgan fingerprint density at radius 2 is 2.00 bits per heavy atom. The van der Waals surface area contributed by atoms with E-state index < -0.39 is 5.97 Å². The lowest BCUT2D eigenvalue weighted by Gasteiger charge is -2.24. The molecule has 0 spiro atoms. The molecule has 88 valence electrons. The van der Waals surface area contributed by atoms with Crippen molar-refractivity contribution < 1.29 is 9.90 Å². The lowest BCUT2D eigenvalue weighted by atomic mass is 10.1. The summed E-state index contributed by atoms with van der Waals surface area (Å²) in [6.45, 7) is 0.411. The molecule has 1 aliphatic carbocycles. The highest BCUT2D eigenvalue weighted by Crippen LogP contribution is 2.25. The maximum Gasteiger partial charge on any atom is 0.317 e. The van der Waals surface area contributed by atoms with E-state index in [1.807, 2.05) is 17.0 Å². The molecule has 0 aliphatic heterocycles. The Hall–Kier alpha value is -1.79. The Morgan fingerprint density at radius 3 is 2.47 bits per heavy atom. The number of hydrogen-bond acceptors (Lipinski definition) is 2. The Kier molecular flexibility index (Phi) is 3.46. The summed E-state index contributed by atoms with van der Waals surface area (Å²) < 4.78 is 0. The molecule has 0 saturated heterocycles. The smallest absolute Gasteiger partial charge is 0.317 e. The van der Waals surface area contributed by atoms with Crippen molar-refractivity contribution in [3.63, 3.8) is 0 Å². The minimum atomic E-state index is -0.823. The molecule has 3 heteroatoms. The fourth-order valence-corrected chi connectivity index (χ4v) is 2.40. The monoisotopic (exact) mass is 229 g/mol. The molecule has 3 nitrogen and oxygen atoms in total. The molecule has 0 radical (unpaired) electrons. The lowest BCUT2D eigenvalue weighted by molar-refractivity contribution is -0.138. The normalized spacial score (nSPS) is 14.6. The number of fused-ring (bicyclic) bond motifs is 1. The van der Waals surface area contributed by atoms with Crippen LogP contribution in [0.4, 0.5) is 0 Å². The summed E-state index contributed by atoms with van der Waals surface area (Å²) in [5.41, 5.74) is 2.62. The van der Waals surface area contributed by atoms with Gasteiger partial charge in [0, 0.05) is 6.04 Å². The second kappa shape index (κ2) is 5.03. The third-order valence-corrected chi connectivity index (χ3v) is 3.18. The summed E-state index contributed by atoms with van der Waals surface area (Å²) in [6.07, 6.45) is 7.08. The van der Waals surface area contributed by atoms with Crippen molar-refractivity contribution in [3.05, 3.63) is 35.4 Å². The molecule has 0 bridgehead atoms. The molecule has 1 aromatic carbocycles. The molecule has 0 aromatic heterocycles. The van der Waals surface area contributed by atoms with E-state index in [9.17, 15) is 4.79 Å². The van der Waals surface area contributed by atoms with Gasteiger partial charge in [0.15, 0.2) is 0 Å². The molecule has 17 heavy (non-hydrogen) atoms. The van der Waals surface area contributed by atoms with E-state index in [-0.39, 0.29) is 12.6 Å². The molecule has 0 saturated carbocycles. The maximum absolute atomic E-state index is 10.8. The number of carboxylic acids is 1. The zero-order chi connectivity index (χ0) is 12.3. The number of nitrogens with zero attached hydrogens (tertiary/aromatic N) is 1. The van der Waals surface area contributed by atoms with Gasteiger partial charge in [0.2, 0.25) is 0 Å². The predicted molar refractivity (Wildman–Crippen MR) is 65.7 cm³/mol. The third-order valence-electron chi connectivity index (χ3n) is 3.18. The Balaban J connectivity index is 2.09. The van der Waals surface area contributed by atoms with Gasteiger partial charge in [0.05, 0.1) is 13.1 Å². The molecule has 1 N–H and O–H groups in total. The van der Waals surface area contributed by atoms with Crippen molar-refractivity contribution in [1.29, 1.82) is 0 Å². The SMILES string of the molecule is C#CCN(CC(=O)O)C1Cc2ccccc2C1. The van der Waals surface area contributed by atoms with E-state index in [1.165, 1.54) is 11.1 Å². The highest BCUT2D eigenvalue weighted by atomic mass is 16.4. The van der Waals surface area contributed by atoms with Crippen LogP contribution < -0.4 is 0 Å². The summed E-state index contributed by atoms with van der Waals surface area (Å²) in [7, 11) is 0. The van der Waals surface area contributed by atoms with E-state index in [1.54, 1.807) is 0 Å². The number of terminal acetylenes is 1. The molecule has 0 heterocycles. The van der Waals surface area contributed by atoms with Crippen LogP contribution in [0.3, 0.4) is 0 Å². The number of benzene rings is 1. The summed E-state index contributed by atoms with van der Waals surface area (Å²) in [6, 6.07) is 8.46. The molecule has 1 aromatic rings.